The number of thiophene rings is 1. The number of aliphatic imine (C=N–C) groups is 1. The van der Waals surface area contributed by atoms with Gasteiger partial charge in [0.2, 0.25) is 11.8 Å². The molecule has 0 aromatic carbocycles. The molecule has 0 radical (unpaired) electrons. The molecule has 0 fully saturated rings. The molecule has 2 amide bonds. The minimum atomic E-state index is -0.276. The molecule has 8 heteroatoms. The van der Waals surface area contributed by atoms with Gasteiger partial charge in [0.1, 0.15) is 6.54 Å². The quantitative estimate of drug-likeness (QED) is 0.505. The minimum absolute atomic E-state index is 0.0492. The molecule has 1 aliphatic rings. The van der Waals surface area contributed by atoms with E-state index in [1.807, 2.05) is 32.6 Å². The highest BCUT2D eigenvalue weighted by molar-refractivity contribution is 7.10. The van der Waals surface area contributed by atoms with Crippen molar-refractivity contribution in [3.05, 3.63) is 21.9 Å². The topological polar surface area (TPSA) is 85.8 Å². The number of hydrogen-bond acceptors (Lipinski definition) is 4. The third-order valence-corrected chi connectivity index (χ3v) is 5.05. The van der Waals surface area contributed by atoms with Gasteiger partial charge in [0.15, 0.2) is 5.96 Å². The van der Waals surface area contributed by atoms with Crippen LogP contribution in [-0.4, -0.2) is 54.4 Å². The van der Waals surface area contributed by atoms with E-state index in [0.29, 0.717) is 32.0 Å². The maximum absolute atomic E-state index is 12.5. The van der Waals surface area contributed by atoms with Gasteiger partial charge in [-0.2, -0.15) is 0 Å². The average Bonchev–Trinajstić information content (AvgIpc) is 3.05. The second-order valence-electron chi connectivity index (χ2n) is 7.60. The van der Waals surface area contributed by atoms with Crippen LogP contribution in [0.25, 0.3) is 0 Å². The Bertz CT molecular complexity index is 678. The summed E-state index contributed by atoms with van der Waals surface area (Å²) in [4.78, 5) is 32.0. The van der Waals surface area contributed by atoms with Crippen molar-refractivity contribution in [3.63, 3.8) is 0 Å². The fourth-order valence-electron chi connectivity index (χ4n) is 2.86. The van der Waals surface area contributed by atoms with E-state index in [4.69, 9.17) is 0 Å². The lowest BCUT2D eigenvalue weighted by Crippen LogP contribution is -2.44. The molecule has 1 aromatic heterocycles. The van der Waals surface area contributed by atoms with Crippen molar-refractivity contribution >= 4 is 29.1 Å². The molecule has 0 saturated heterocycles. The van der Waals surface area contributed by atoms with E-state index < -0.39 is 0 Å². The fraction of sp³-hybridized carbons (Fsp3) is 0.632. The number of amides is 2. The van der Waals surface area contributed by atoms with Crippen molar-refractivity contribution in [2.75, 3.05) is 26.2 Å². The second kappa shape index (κ2) is 9.73. The highest BCUT2D eigenvalue weighted by Crippen LogP contribution is 2.24. The van der Waals surface area contributed by atoms with Crippen LogP contribution in [0.1, 0.15) is 44.6 Å². The smallest absolute Gasteiger partial charge is 0.242 e. The Kier molecular flexibility index (Phi) is 7.65. The minimum Gasteiger partial charge on any atom is -0.357 e. The third-order valence-electron chi connectivity index (χ3n) is 4.03. The summed E-state index contributed by atoms with van der Waals surface area (Å²) < 4.78 is 0. The van der Waals surface area contributed by atoms with E-state index in [-0.39, 0.29) is 23.9 Å². The van der Waals surface area contributed by atoms with E-state index >= 15 is 0 Å². The lowest BCUT2D eigenvalue weighted by molar-refractivity contribution is -0.132. The Labute approximate surface area is 165 Å². The first-order valence-electron chi connectivity index (χ1n) is 9.44. The van der Waals surface area contributed by atoms with Crippen molar-refractivity contribution in [1.82, 2.24) is 20.9 Å². The molecular weight excluding hydrogens is 362 g/mol. The van der Waals surface area contributed by atoms with Gasteiger partial charge in [-0.15, -0.1) is 11.3 Å². The molecule has 3 N–H and O–H groups in total. The lowest BCUT2D eigenvalue weighted by atomic mass is 10.1. The van der Waals surface area contributed by atoms with Gasteiger partial charge in [0.05, 0.1) is 0 Å². The monoisotopic (exact) mass is 393 g/mol. The standard InChI is InChI=1S/C19H31N5O2S/c1-5-20-18(22-12-16(25)23-19(2,3)4)21-9-6-17(26)24-10-7-15-14(13-24)8-11-27-15/h8,11H,5-7,9-10,12-13H2,1-4H3,(H,23,25)(H2,20,21,22). The predicted octanol–water partition coefficient (Wildman–Crippen LogP) is 1.49. The Morgan fingerprint density at radius 2 is 2.07 bits per heavy atom. The van der Waals surface area contributed by atoms with Gasteiger partial charge in [-0.25, -0.2) is 4.99 Å². The van der Waals surface area contributed by atoms with Crippen LogP contribution in [-0.2, 0) is 22.6 Å². The maximum Gasteiger partial charge on any atom is 0.242 e. The van der Waals surface area contributed by atoms with E-state index in [9.17, 15) is 9.59 Å². The first kappa shape index (κ1) is 21.2. The van der Waals surface area contributed by atoms with Crippen molar-refractivity contribution in [2.45, 2.75) is 52.6 Å². The van der Waals surface area contributed by atoms with Gasteiger partial charge in [0.25, 0.3) is 0 Å². The average molecular weight is 394 g/mol. The van der Waals surface area contributed by atoms with E-state index in [2.05, 4.69) is 32.4 Å². The number of guanidine groups is 1. The molecule has 2 rings (SSSR count). The molecule has 0 saturated carbocycles. The summed E-state index contributed by atoms with van der Waals surface area (Å²) in [6, 6.07) is 2.11. The number of nitrogens with one attached hydrogen (secondary N) is 3. The van der Waals surface area contributed by atoms with Crippen molar-refractivity contribution in [2.24, 2.45) is 4.99 Å². The molecule has 0 unspecified atom stereocenters. The number of hydrogen-bond donors (Lipinski definition) is 3. The van der Waals surface area contributed by atoms with Gasteiger partial charge in [-0.3, -0.25) is 9.59 Å². The molecule has 27 heavy (non-hydrogen) atoms. The Hall–Kier alpha value is -2.09. The zero-order valence-electron chi connectivity index (χ0n) is 16.7. The van der Waals surface area contributed by atoms with Crippen LogP contribution < -0.4 is 16.0 Å². The fourth-order valence-corrected chi connectivity index (χ4v) is 3.75. The van der Waals surface area contributed by atoms with Gasteiger partial charge in [-0.1, -0.05) is 0 Å². The molecule has 0 spiro atoms. The van der Waals surface area contributed by atoms with Crippen LogP contribution in [0.5, 0.6) is 0 Å². The molecule has 0 bridgehead atoms. The number of carbonyl (C=O) groups is 2. The zero-order chi connectivity index (χ0) is 19.9. The molecule has 150 valence electrons. The van der Waals surface area contributed by atoms with E-state index in [1.165, 1.54) is 10.4 Å². The van der Waals surface area contributed by atoms with Crippen LogP contribution >= 0.6 is 11.3 Å². The summed E-state index contributed by atoms with van der Waals surface area (Å²) in [5.74, 6) is 0.560. The number of fused-ring (bicyclic) bond motifs is 1. The summed E-state index contributed by atoms with van der Waals surface area (Å²) in [5.41, 5.74) is 0.994. The summed E-state index contributed by atoms with van der Waals surface area (Å²) in [5, 5.41) is 11.2. The first-order valence-corrected chi connectivity index (χ1v) is 10.3. The van der Waals surface area contributed by atoms with Crippen molar-refractivity contribution in [1.29, 1.82) is 0 Å². The summed E-state index contributed by atoms with van der Waals surface area (Å²) in [7, 11) is 0. The number of carbonyl (C=O) groups excluding carboxylic acids is 2. The van der Waals surface area contributed by atoms with Crippen molar-refractivity contribution in [3.8, 4) is 0 Å². The van der Waals surface area contributed by atoms with Gasteiger partial charge >= 0.3 is 0 Å². The van der Waals surface area contributed by atoms with Crippen LogP contribution in [0.4, 0.5) is 0 Å². The highest BCUT2D eigenvalue weighted by Gasteiger charge is 2.21. The molecule has 7 nitrogen and oxygen atoms in total. The normalized spacial score (nSPS) is 14.5. The summed E-state index contributed by atoms with van der Waals surface area (Å²) in [6.45, 7) is 10.5. The van der Waals surface area contributed by atoms with Crippen molar-refractivity contribution < 1.29 is 9.59 Å². The lowest BCUT2D eigenvalue weighted by Gasteiger charge is -2.27. The Morgan fingerprint density at radius 1 is 1.30 bits per heavy atom. The largest absolute Gasteiger partial charge is 0.357 e. The molecule has 0 aliphatic carbocycles. The molecule has 1 aromatic rings. The first-order chi connectivity index (χ1) is 12.8. The Balaban J connectivity index is 1.77. The number of nitrogens with zero attached hydrogens (tertiary/aromatic N) is 2. The van der Waals surface area contributed by atoms with Crippen LogP contribution in [0.2, 0.25) is 0 Å². The zero-order valence-corrected chi connectivity index (χ0v) is 17.5. The maximum atomic E-state index is 12.5. The summed E-state index contributed by atoms with van der Waals surface area (Å²) in [6.07, 6.45) is 1.34. The highest BCUT2D eigenvalue weighted by atomic mass is 32.1. The van der Waals surface area contributed by atoms with Gasteiger partial charge in [-0.05, 0) is 51.1 Å². The Morgan fingerprint density at radius 3 is 2.78 bits per heavy atom. The molecule has 0 atom stereocenters. The van der Waals surface area contributed by atoms with Crippen LogP contribution in [0.3, 0.4) is 0 Å². The van der Waals surface area contributed by atoms with E-state index in [1.54, 1.807) is 11.3 Å². The number of rotatable bonds is 6. The SMILES string of the molecule is CCNC(=NCC(=O)NC(C)(C)C)NCCC(=O)N1CCc2sccc2C1. The van der Waals surface area contributed by atoms with Gasteiger partial charge < -0.3 is 20.9 Å². The molecule has 2 heterocycles. The van der Waals surface area contributed by atoms with Crippen LogP contribution in [0, 0.1) is 0 Å². The third kappa shape index (κ3) is 7.21. The predicted molar refractivity (Wildman–Crippen MR) is 110 cm³/mol. The van der Waals surface area contributed by atoms with Crippen LogP contribution in [0.15, 0.2) is 16.4 Å². The van der Waals surface area contributed by atoms with Gasteiger partial charge in [0, 0.05) is 43.0 Å². The second-order valence-corrected chi connectivity index (χ2v) is 8.61. The van der Waals surface area contributed by atoms with E-state index in [0.717, 1.165) is 13.0 Å². The molecular formula is C19H31N5O2S. The molecule has 1 aliphatic heterocycles. The summed E-state index contributed by atoms with van der Waals surface area (Å²) >= 11 is 1.77.